The number of carbonyl (C=O) groups is 3. The third kappa shape index (κ3) is 4.67. The molecule has 0 radical (unpaired) electrons. The number of aromatic nitrogens is 1. The smallest absolute Gasteiger partial charge is 0.337 e. The molecule has 0 fully saturated rings. The van der Waals surface area contributed by atoms with Crippen molar-refractivity contribution in [1.29, 1.82) is 0 Å². The monoisotopic (exact) mass is 371 g/mol. The van der Waals surface area contributed by atoms with Crippen molar-refractivity contribution in [3.8, 4) is 0 Å². The average Bonchev–Trinajstić information content (AvgIpc) is 2.95. The van der Waals surface area contributed by atoms with Crippen molar-refractivity contribution in [3.63, 3.8) is 0 Å². The number of carbonyl (C=O) groups excluding carboxylic acids is 2. The normalized spacial score (nSPS) is 18.6. The lowest BCUT2D eigenvalue weighted by molar-refractivity contribution is -0.155. The number of urea groups is 1. The fourth-order valence-electron chi connectivity index (χ4n) is 2.41. The summed E-state index contributed by atoms with van der Waals surface area (Å²) in [6, 6.07) is -0.680. The van der Waals surface area contributed by atoms with Gasteiger partial charge in [-0.2, -0.15) is 0 Å². The Morgan fingerprint density at radius 3 is 2.80 bits per heavy atom. The van der Waals surface area contributed by atoms with Gasteiger partial charge in [-0.15, -0.1) is 11.3 Å². The second kappa shape index (κ2) is 7.79. The second-order valence-electron chi connectivity index (χ2n) is 5.91. The van der Waals surface area contributed by atoms with E-state index in [9.17, 15) is 19.5 Å². The van der Waals surface area contributed by atoms with E-state index in [4.69, 9.17) is 9.84 Å². The van der Waals surface area contributed by atoms with Gasteiger partial charge in [0.25, 0.3) is 0 Å². The maximum atomic E-state index is 12.0. The summed E-state index contributed by atoms with van der Waals surface area (Å²) < 4.78 is 5.07. The number of aliphatic hydroxyl groups is 1. The summed E-state index contributed by atoms with van der Waals surface area (Å²) in [5.74, 6) is -2.18. The first-order valence-electron chi connectivity index (χ1n) is 7.91. The first-order chi connectivity index (χ1) is 11.7. The van der Waals surface area contributed by atoms with Crippen molar-refractivity contribution in [2.75, 3.05) is 18.5 Å². The van der Waals surface area contributed by atoms with E-state index in [1.165, 1.54) is 11.3 Å². The lowest BCUT2D eigenvalue weighted by Crippen LogP contribution is -2.47. The predicted molar refractivity (Wildman–Crippen MR) is 89.7 cm³/mol. The molecule has 138 valence electrons. The number of fused-ring (bicyclic) bond motifs is 1. The van der Waals surface area contributed by atoms with Crippen LogP contribution in [0.1, 0.15) is 43.2 Å². The number of carboxylic acid groups (broad SMARTS) is 1. The number of hydrogen-bond donors (Lipinski definition) is 4. The van der Waals surface area contributed by atoms with Gasteiger partial charge >= 0.3 is 18.0 Å². The van der Waals surface area contributed by atoms with Crippen LogP contribution in [0.25, 0.3) is 0 Å². The summed E-state index contributed by atoms with van der Waals surface area (Å²) in [6.07, 6.45) is 2.27. The van der Waals surface area contributed by atoms with Crippen molar-refractivity contribution >= 4 is 34.4 Å². The standard InChI is InChI=1S/C15H21N3O6S/c1-3-24-11(19)8-5-4-6-9-10(8)17-14(25-9)18-13(22)16-7-15(2,23)12(20)21/h8,23H,3-7H2,1-2H3,(H,20,21)(H2,16,17,18,22). The zero-order valence-corrected chi connectivity index (χ0v) is 14.8. The van der Waals surface area contributed by atoms with Gasteiger partial charge in [0.2, 0.25) is 0 Å². The lowest BCUT2D eigenvalue weighted by Gasteiger charge is -2.19. The number of thiazole rings is 1. The van der Waals surface area contributed by atoms with E-state index < -0.39 is 30.1 Å². The van der Waals surface area contributed by atoms with Gasteiger partial charge in [-0.3, -0.25) is 10.1 Å². The van der Waals surface area contributed by atoms with Crippen molar-refractivity contribution in [1.82, 2.24) is 10.3 Å². The minimum atomic E-state index is -2.06. The first-order valence-corrected chi connectivity index (χ1v) is 8.73. The molecule has 1 aliphatic carbocycles. The number of hydrogen-bond acceptors (Lipinski definition) is 7. The zero-order valence-electron chi connectivity index (χ0n) is 14.0. The van der Waals surface area contributed by atoms with Gasteiger partial charge in [-0.05, 0) is 33.1 Å². The van der Waals surface area contributed by atoms with Crippen molar-refractivity contribution in [2.24, 2.45) is 0 Å². The molecular weight excluding hydrogens is 350 g/mol. The minimum Gasteiger partial charge on any atom is -0.479 e. The van der Waals surface area contributed by atoms with Gasteiger partial charge in [0.15, 0.2) is 10.7 Å². The summed E-state index contributed by atoms with van der Waals surface area (Å²) in [5.41, 5.74) is -1.43. The van der Waals surface area contributed by atoms with E-state index in [1.54, 1.807) is 6.92 Å². The number of anilines is 1. The third-order valence-corrected chi connectivity index (χ3v) is 4.85. The summed E-state index contributed by atoms with van der Waals surface area (Å²) in [4.78, 5) is 39.9. The van der Waals surface area contributed by atoms with Gasteiger partial charge in [-0.25, -0.2) is 14.6 Å². The Morgan fingerprint density at radius 2 is 2.16 bits per heavy atom. The number of amides is 2. The van der Waals surface area contributed by atoms with Crippen LogP contribution in [0.5, 0.6) is 0 Å². The van der Waals surface area contributed by atoms with E-state index >= 15 is 0 Å². The van der Waals surface area contributed by atoms with Gasteiger partial charge in [-0.1, -0.05) is 0 Å². The molecule has 2 unspecified atom stereocenters. The average molecular weight is 371 g/mol. The fourth-order valence-corrected chi connectivity index (χ4v) is 3.47. The molecule has 0 saturated carbocycles. The Balaban J connectivity index is 2.01. The van der Waals surface area contributed by atoms with Crippen LogP contribution in [0.4, 0.5) is 9.93 Å². The number of aryl methyl sites for hydroxylation is 1. The minimum absolute atomic E-state index is 0.297. The van der Waals surface area contributed by atoms with E-state index in [-0.39, 0.29) is 5.97 Å². The van der Waals surface area contributed by atoms with Crippen LogP contribution in [0.3, 0.4) is 0 Å². The number of ether oxygens (including phenoxy) is 1. The largest absolute Gasteiger partial charge is 0.479 e. The van der Waals surface area contributed by atoms with Crippen molar-refractivity contribution in [3.05, 3.63) is 10.6 Å². The molecule has 2 atom stereocenters. The highest BCUT2D eigenvalue weighted by molar-refractivity contribution is 7.15. The molecule has 9 nitrogen and oxygen atoms in total. The summed E-state index contributed by atoms with van der Waals surface area (Å²) >= 11 is 1.27. The number of nitrogens with zero attached hydrogens (tertiary/aromatic N) is 1. The van der Waals surface area contributed by atoms with Crippen LogP contribution < -0.4 is 10.6 Å². The Kier molecular flexibility index (Phi) is 5.96. The number of nitrogens with one attached hydrogen (secondary N) is 2. The molecule has 0 aromatic carbocycles. The molecule has 10 heteroatoms. The Morgan fingerprint density at radius 1 is 1.44 bits per heavy atom. The van der Waals surface area contributed by atoms with Crippen LogP contribution in [-0.2, 0) is 20.7 Å². The molecule has 4 N–H and O–H groups in total. The fraction of sp³-hybridized carbons (Fsp3) is 0.600. The highest BCUT2D eigenvalue weighted by Gasteiger charge is 2.32. The summed E-state index contributed by atoms with van der Waals surface area (Å²) in [6.45, 7) is 2.67. The summed E-state index contributed by atoms with van der Waals surface area (Å²) in [7, 11) is 0. The SMILES string of the molecule is CCOC(=O)C1CCCc2sc(NC(=O)NCC(C)(O)C(=O)O)nc21. The molecule has 0 aliphatic heterocycles. The van der Waals surface area contributed by atoms with E-state index in [0.717, 1.165) is 24.6 Å². The molecule has 0 spiro atoms. The van der Waals surface area contributed by atoms with Crippen molar-refractivity contribution in [2.45, 2.75) is 44.6 Å². The van der Waals surface area contributed by atoms with Gasteiger partial charge in [0.1, 0.15) is 5.92 Å². The topological polar surface area (TPSA) is 138 Å². The van der Waals surface area contributed by atoms with Crippen molar-refractivity contribution < 1.29 is 29.3 Å². The molecule has 1 aromatic rings. The third-order valence-electron chi connectivity index (χ3n) is 3.80. The highest BCUT2D eigenvalue weighted by Crippen LogP contribution is 2.37. The van der Waals surface area contributed by atoms with E-state index in [0.29, 0.717) is 23.9 Å². The first kappa shape index (κ1) is 19.1. The molecule has 25 heavy (non-hydrogen) atoms. The van der Waals surface area contributed by atoms with Crippen LogP contribution in [0.2, 0.25) is 0 Å². The highest BCUT2D eigenvalue weighted by atomic mass is 32.1. The lowest BCUT2D eigenvalue weighted by atomic mass is 9.91. The maximum absolute atomic E-state index is 12.0. The van der Waals surface area contributed by atoms with Crippen LogP contribution in [0, 0.1) is 0 Å². The molecule has 0 saturated heterocycles. The number of esters is 1. The second-order valence-corrected chi connectivity index (χ2v) is 6.99. The van der Waals surface area contributed by atoms with Crippen LogP contribution in [0.15, 0.2) is 0 Å². The molecule has 2 amide bonds. The van der Waals surface area contributed by atoms with Crippen LogP contribution >= 0.6 is 11.3 Å². The molecule has 0 bridgehead atoms. The Hall–Kier alpha value is -2.20. The Bertz CT molecular complexity index is 672. The van der Waals surface area contributed by atoms with Gasteiger partial charge in [0.05, 0.1) is 18.8 Å². The van der Waals surface area contributed by atoms with Gasteiger partial charge in [0, 0.05) is 4.88 Å². The van der Waals surface area contributed by atoms with Crippen LogP contribution in [-0.4, -0.2) is 51.9 Å². The van der Waals surface area contributed by atoms with Gasteiger partial charge < -0.3 is 20.3 Å². The molecule has 1 aromatic heterocycles. The van der Waals surface area contributed by atoms with E-state index in [2.05, 4.69) is 15.6 Å². The molecule has 1 heterocycles. The maximum Gasteiger partial charge on any atom is 0.337 e. The molecule has 2 rings (SSSR count). The number of rotatable bonds is 6. The Labute approximate surface area is 148 Å². The number of aliphatic carboxylic acids is 1. The molecule has 1 aliphatic rings. The summed E-state index contributed by atoms with van der Waals surface area (Å²) in [5, 5.41) is 23.5. The number of carboxylic acids is 1. The molecular formula is C15H21N3O6S. The van der Waals surface area contributed by atoms with E-state index in [1.807, 2.05) is 0 Å². The predicted octanol–water partition coefficient (Wildman–Crippen LogP) is 1.08. The zero-order chi connectivity index (χ0) is 18.6. The quantitative estimate of drug-likeness (QED) is 0.549.